The number of hydrogen-bond acceptors (Lipinski definition) is 2. The lowest BCUT2D eigenvalue weighted by atomic mass is 10.2. The molecule has 0 radical (unpaired) electrons. The Hall–Kier alpha value is -1.42. The molecule has 0 amide bonds. The van der Waals surface area contributed by atoms with Crippen molar-refractivity contribution in [1.29, 1.82) is 0 Å². The van der Waals surface area contributed by atoms with Crippen molar-refractivity contribution < 1.29 is 4.39 Å². The van der Waals surface area contributed by atoms with Crippen LogP contribution in [0, 0.1) is 11.7 Å². The predicted molar refractivity (Wildman–Crippen MR) is 65.3 cm³/mol. The van der Waals surface area contributed by atoms with Gasteiger partial charge in [-0.05, 0) is 24.1 Å². The van der Waals surface area contributed by atoms with Gasteiger partial charge in [0.25, 0.3) is 0 Å². The molecular weight excluding hydrogens is 241 g/mol. The molecule has 0 aliphatic carbocycles. The topological polar surface area (TPSA) is 30.7 Å². The highest BCUT2D eigenvalue weighted by molar-refractivity contribution is 6.30. The summed E-state index contributed by atoms with van der Waals surface area (Å²) in [7, 11) is 0. The fourth-order valence-electron chi connectivity index (χ4n) is 1.64. The largest absolute Gasteiger partial charge is 0.313 e. The van der Waals surface area contributed by atoms with E-state index < -0.39 is 5.82 Å². The smallest absolute Gasteiger partial charge is 0.163 e. The molecule has 2 rings (SSSR count). The van der Waals surface area contributed by atoms with E-state index >= 15 is 0 Å². The van der Waals surface area contributed by atoms with Crippen molar-refractivity contribution in [3.63, 3.8) is 0 Å². The van der Waals surface area contributed by atoms with E-state index in [1.165, 1.54) is 12.1 Å². The first-order valence-corrected chi connectivity index (χ1v) is 5.79. The summed E-state index contributed by atoms with van der Waals surface area (Å²) in [5, 5.41) is 7.99. The molecule has 1 aromatic heterocycles. The van der Waals surface area contributed by atoms with Crippen LogP contribution in [0.5, 0.6) is 0 Å². The predicted octanol–water partition coefficient (Wildman–Crippen LogP) is 3.39. The molecule has 0 N–H and O–H groups in total. The Bertz CT molecular complexity index is 522. The van der Waals surface area contributed by atoms with Gasteiger partial charge in [-0.25, -0.2) is 4.39 Å². The molecule has 17 heavy (non-hydrogen) atoms. The maximum Gasteiger partial charge on any atom is 0.163 e. The molecule has 5 heteroatoms. The Morgan fingerprint density at radius 3 is 2.82 bits per heavy atom. The van der Waals surface area contributed by atoms with Gasteiger partial charge < -0.3 is 4.57 Å². The number of rotatable bonds is 3. The molecule has 2 aromatic rings. The summed E-state index contributed by atoms with van der Waals surface area (Å²) in [5.41, 5.74) is 0.685. The summed E-state index contributed by atoms with van der Waals surface area (Å²) in [4.78, 5) is 0. The first kappa shape index (κ1) is 12.0. The minimum absolute atomic E-state index is 0.115. The van der Waals surface area contributed by atoms with Crippen LogP contribution < -0.4 is 0 Å². The Morgan fingerprint density at radius 2 is 2.18 bits per heavy atom. The summed E-state index contributed by atoms with van der Waals surface area (Å²) < 4.78 is 15.3. The van der Waals surface area contributed by atoms with Crippen molar-refractivity contribution in [2.75, 3.05) is 0 Å². The molecule has 3 nitrogen and oxygen atoms in total. The number of benzene rings is 1. The van der Waals surface area contributed by atoms with Gasteiger partial charge in [-0.3, -0.25) is 0 Å². The fourth-order valence-corrected chi connectivity index (χ4v) is 1.76. The third-order valence-corrected chi connectivity index (χ3v) is 2.66. The molecule has 0 unspecified atom stereocenters. The van der Waals surface area contributed by atoms with Crippen LogP contribution in [0.2, 0.25) is 5.02 Å². The van der Waals surface area contributed by atoms with Crippen molar-refractivity contribution in [1.82, 2.24) is 14.8 Å². The third kappa shape index (κ3) is 2.64. The van der Waals surface area contributed by atoms with Gasteiger partial charge in [0.2, 0.25) is 0 Å². The summed E-state index contributed by atoms with van der Waals surface area (Å²) in [5.74, 6) is 0.694. The highest BCUT2D eigenvalue weighted by Crippen LogP contribution is 2.23. The summed E-state index contributed by atoms with van der Waals surface area (Å²) in [6, 6.07) is 4.65. The van der Waals surface area contributed by atoms with E-state index in [4.69, 9.17) is 11.6 Å². The Morgan fingerprint density at radius 1 is 1.41 bits per heavy atom. The number of halogens is 2. The second-order valence-electron chi connectivity index (χ2n) is 4.33. The summed E-state index contributed by atoms with van der Waals surface area (Å²) >= 11 is 5.65. The molecular formula is C12H13ClFN3. The molecule has 0 spiro atoms. The van der Waals surface area contributed by atoms with Crippen LogP contribution in [-0.4, -0.2) is 14.8 Å². The quantitative estimate of drug-likeness (QED) is 0.839. The molecule has 90 valence electrons. The number of hydrogen-bond donors (Lipinski definition) is 0. The monoisotopic (exact) mass is 253 g/mol. The van der Waals surface area contributed by atoms with Crippen molar-refractivity contribution in [2.45, 2.75) is 20.4 Å². The standard InChI is InChI=1S/C12H13ClFN3/c1-8(2)6-17-7-15-16-12(17)9-3-4-10(13)11(14)5-9/h3-5,7-8H,6H2,1-2H3. The minimum atomic E-state index is -0.441. The number of nitrogens with zero attached hydrogens (tertiary/aromatic N) is 3. The molecule has 1 aromatic carbocycles. The fraction of sp³-hybridized carbons (Fsp3) is 0.333. The zero-order chi connectivity index (χ0) is 12.4. The molecule has 0 aliphatic heterocycles. The van der Waals surface area contributed by atoms with E-state index in [0.717, 1.165) is 6.54 Å². The van der Waals surface area contributed by atoms with Crippen LogP contribution in [0.1, 0.15) is 13.8 Å². The van der Waals surface area contributed by atoms with Crippen molar-refractivity contribution in [2.24, 2.45) is 5.92 Å². The van der Waals surface area contributed by atoms with Gasteiger partial charge in [0, 0.05) is 12.1 Å². The van der Waals surface area contributed by atoms with Crippen LogP contribution in [0.4, 0.5) is 4.39 Å². The second-order valence-corrected chi connectivity index (χ2v) is 4.74. The van der Waals surface area contributed by atoms with Gasteiger partial charge in [0.05, 0.1) is 5.02 Å². The maximum absolute atomic E-state index is 13.4. The van der Waals surface area contributed by atoms with E-state index in [2.05, 4.69) is 24.0 Å². The van der Waals surface area contributed by atoms with Crippen LogP contribution >= 0.6 is 11.6 Å². The maximum atomic E-state index is 13.4. The van der Waals surface area contributed by atoms with Gasteiger partial charge in [-0.15, -0.1) is 10.2 Å². The minimum Gasteiger partial charge on any atom is -0.313 e. The SMILES string of the molecule is CC(C)Cn1cnnc1-c1ccc(Cl)c(F)c1. The van der Waals surface area contributed by atoms with Gasteiger partial charge in [0.1, 0.15) is 12.1 Å². The highest BCUT2D eigenvalue weighted by atomic mass is 35.5. The molecule has 0 atom stereocenters. The average Bonchev–Trinajstić information content (AvgIpc) is 2.69. The summed E-state index contributed by atoms with van der Waals surface area (Å²) in [6.07, 6.45) is 1.65. The second kappa shape index (κ2) is 4.84. The summed E-state index contributed by atoms with van der Waals surface area (Å²) in [6.45, 7) is 5.00. The molecule has 0 aliphatic rings. The normalized spacial score (nSPS) is 11.1. The van der Waals surface area contributed by atoms with Crippen LogP contribution in [-0.2, 0) is 6.54 Å². The van der Waals surface area contributed by atoms with Crippen LogP contribution in [0.15, 0.2) is 24.5 Å². The lowest BCUT2D eigenvalue weighted by Crippen LogP contribution is -2.05. The van der Waals surface area contributed by atoms with Crippen molar-refractivity contribution in [3.8, 4) is 11.4 Å². The zero-order valence-corrected chi connectivity index (χ0v) is 10.4. The van der Waals surface area contributed by atoms with E-state index in [1.54, 1.807) is 12.4 Å². The zero-order valence-electron chi connectivity index (χ0n) is 9.69. The van der Waals surface area contributed by atoms with Crippen LogP contribution in [0.25, 0.3) is 11.4 Å². The van der Waals surface area contributed by atoms with E-state index in [-0.39, 0.29) is 5.02 Å². The molecule has 0 saturated heterocycles. The Kier molecular flexibility index (Phi) is 3.43. The van der Waals surface area contributed by atoms with E-state index in [0.29, 0.717) is 17.3 Å². The lowest BCUT2D eigenvalue weighted by Gasteiger charge is -2.09. The lowest BCUT2D eigenvalue weighted by molar-refractivity contribution is 0.525. The van der Waals surface area contributed by atoms with Gasteiger partial charge in [0.15, 0.2) is 5.82 Å². The first-order valence-electron chi connectivity index (χ1n) is 5.41. The average molecular weight is 254 g/mol. The Balaban J connectivity index is 2.39. The van der Waals surface area contributed by atoms with E-state index in [1.807, 2.05) is 4.57 Å². The third-order valence-electron chi connectivity index (χ3n) is 2.36. The molecule has 0 saturated carbocycles. The van der Waals surface area contributed by atoms with Crippen LogP contribution in [0.3, 0.4) is 0 Å². The first-order chi connectivity index (χ1) is 8.08. The Labute approximate surface area is 104 Å². The highest BCUT2D eigenvalue weighted by Gasteiger charge is 2.10. The van der Waals surface area contributed by atoms with Gasteiger partial charge in [-0.1, -0.05) is 25.4 Å². The van der Waals surface area contributed by atoms with Crippen molar-refractivity contribution in [3.05, 3.63) is 35.4 Å². The molecule has 0 fully saturated rings. The number of aromatic nitrogens is 3. The van der Waals surface area contributed by atoms with Crippen molar-refractivity contribution >= 4 is 11.6 Å². The molecule has 0 bridgehead atoms. The van der Waals surface area contributed by atoms with Gasteiger partial charge in [-0.2, -0.15) is 0 Å². The van der Waals surface area contributed by atoms with E-state index in [9.17, 15) is 4.39 Å². The van der Waals surface area contributed by atoms with Gasteiger partial charge >= 0.3 is 0 Å². The molecule has 1 heterocycles.